The Balaban J connectivity index is 2.08. The smallest absolute Gasteiger partial charge is 0.175 e. The van der Waals surface area contributed by atoms with Gasteiger partial charge in [-0.1, -0.05) is 19.9 Å². The second-order valence-electron chi connectivity index (χ2n) is 6.22. The van der Waals surface area contributed by atoms with Crippen LogP contribution in [0, 0.1) is 18.2 Å². The van der Waals surface area contributed by atoms with Crippen molar-refractivity contribution >= 4 is 17.1 Å². The van der Waals surface area contributed by atoms with Crippen molar-refractivity contribution in [2.45, 2.75) is 33.6 Å². The van der Waals surface area contributed by atoms with E-state index in [-0.39, 0.29) is 17.0 Å². The molecule has 1 aromatic carbocycles. The number of aromatic nitrogens is 1. The predicted molar refractivity (Wildman–Crippen MR) is 78.7 cm³/mol. The summed E-state index contributed by atoms with van der Waals surface area (Å²) in [6.07, 6.45) is 1.32. The number of benzene rings is 1. The van der Waals surface area contributed by atoms with Crippen molar-refractivity contribution < 1.29 is 9.18 Å². The highest BCUT2D eigenvalue weighted by Crippen LogP contribution is 2.39. The molecule has 0 unspecified atom stereocenters. The number of carbonyl (C=O) groups is 1. The van der Waals surface area contributed by atoms with Crippen molar-refractivity contribution in [3.63, 3.8) is 0 Å². The van der Waals surface area contributed by atoms with Crippen LogP contribution in [0.4, 0.5) is 4.39 Å². The van der Waals surface area contributed by atoms with Crippen LogP contribution in [0.25, 0.3) is 10.6 Å². The van der Waals surface area contributed by atoms with Gasteiger partial charge in [0.1, 0.15) is 10.8 Å². The van der Waals surface area contributed by atoms with Crippen molar-refractivity contribution in [2.24, 2.45) is 5.41 Å². The number of aryl methyl sites for hydroxylation is 1. The van der Waals surface area contributed by atoms with Gasteiger partial charge in [0.25, 0.3) is 0 Å². The summed E-state index contributed by atoms with van der Waals surface area (Å²) in [4.78, 5) is 17.4. The molecular weight excluding hydrogens is 273 g/mol. The summed E-state index contributed by atoms with van der Waals surface area (Å²) in [5, 5.41) is 0.610. The Bertz CT molecular complexity index is 702. The quantitative estimate of drug-likeness (QED) is 0.778. The van der Waals surface area contributed by atoms with Crippen LogP contribution in [0.3, 0.4) is 0 Å². The first kappa shape index (κ1) is 13.4. The van der Waals surface area contributed by atoms with Gasteiger partial charge in [0, 0.05) is 12.0 Å². The number of Topliss-reactive ketones (excluding diaryl/α,β-unsaturated/α-hetero) is 1. The van der Waals surface area contributed by atoms with Gasteiger partial charge in [-0.15, -0.1) is 11.3 Å². The summed E-state index contributed by atoms with van der Waals surface area (Å²) in [5.41, 5.74) is 2.14. The molecule has 2 nitrogen and oxygen atoms in total. The third kappa shape index (κ3) is 2.29. The van der Waals surface area contributed by atoms with Crippen LogP contribution < -0.4 is 0 Å². The molecule has 0 fully saturated rings. The molecule has 20 heavy (non-hydrogen) atoms. The zero-order valence-corrected chi connectivity index (χ0v) is 12.6. The van der Waals surface area contributed by atoms with Crippen molar-refractivity contribution in [3.8, 4) is 10.6 Å². The molecule has 0 radical (unpaired) electrons. The Morgan fingerprint density at radius 2 is 2.05 bits per heavy atom. The minimum absolute atomic E-state index is 0.0543. The van der Waals surface area contributed by atoms with Crippen molar-refractivity contribution in [2.75, 3.05) is 0 Å². The van der Waals surface area contributed by atoms with E-state index in [4.69, 9.17) is 0 Å². The highest BCUT2D eigenvalue weighted by Gasteiger charge is 2.34. The Kier molecular flexibility index (Phi) is 3.01. The Morgan fingerprint density at radius 1 is 1.30 bits per heavy atom. The molecule has 4 heteroatoms. The summed E-state index contributed by atoms with van der Waals surface area (Å²) in [6.45, 7) is 5.99. The SMILES string of the molecule is Cc1ccc(-c2nc3c(s2)C(=O)CC(C)(C)C3)c(F)c1. The highest BCUT2D eigenvalue weighted by atomic mass is 32.1. The molecule has 1 aromatic heterocycles. The fourth-order valence-corrected chi connectivity index (χ4v) is 3.68. The largest absolute Gasteiger partial charge is 0.293 e. The van der Waals surface area contributed by atoms with E-state index in [0.717, 1.165) is 17.7 Å². The maximum absolute atomic E-state index is 14.0. The number of ketones is 1. The van der Waals surface area contributed by atoms with Crippen LogP contribution in [0.15, 0.2) is 18.2 Å². The Morgan fingerprint density at radius 3 is 2.75 bits per heavy atom. The molecule has 1 heterocycles. The number of halogens is 1. The number of thiazole rings is 1. The first-order valence-corrected chi connectivity index (χ1v) is 7.47. The molecule has 0 bridgehead atoms. The lowest BCUT2D eigenvalue weighted by molar-refractivity contribution is 0.0916. The fraction of sp³-hybridized carbons (Fsp3) is 0.375. The van der Waals surface area contributed by atoms with E-state index in [0.29, 0.717) is 21.9 Å². The molecule has 1 aliphatic carbocycles. The van der Waals surface area contributed by atoms with Gasteiger partial charge < -0.3 is 0 Å². The summed E-state index contributed by atoms with van der Waals surface area (Å²) in [6, 6.07) is 5.11. The minimum Gasteiger partial charge on any atom is -0.293 e. The van der Waals surface area contributed by atoms with E-state index in [2.05, 4.69) is 18.8 Å². The number of nitrogens with zero attached hydrogens (tertiary/aromatic N) is 1. The predicted octanol–water partition coefficient (Wildman–Crippen LogP) is 4.41. The number of rotatable bonds is 1. The summed E-state index contributed by atoms with van der Waals surface area (Å²) in [5.74, 6) is -0.143. The van der Waals surface area contributed by atoms with Crippen molar-refractivity contribution in [1.82, 2.24) is 4.98 Å². The summed E-state index contributed by atoms with van der Waals surface area (Å²) >= 11 is 1.32. The molecule has 104 valence electrons. The van der Waals surface area contributed by atoms with Gasteiger partial charge in [-0.2, -0.15) is 0 Å². The zero-order chi connectivity index (χ0) is 14.5. The van der Waals surface area contributed by atoms with Gasteiger partial charge >= 0.3 is 0 Å². The molecule has 0 aliphatic heterocycles. The molecule has 3 rings (SSSR count). The molecule has 1 aliphatic rings. The van der Waals surface area contributed by atoms with E-state index >= 15 is 0 Å². The molecule has 0 amide bonds. The first-order chi connectivity index (χ1) is 9.35. The third-order valence-corrected chi connectivity index (χ3v) is 4.76. The lowest BCUT2D eigenvalue weighted by atomic mass is 9.78. The average Bonchev–Trinajstić information content (AvgIpc) is 2.70. The number of fused-ring (bicyclic) bond motifs is 1. The Hall–Kier alpha value is -1.55. The van der Waals surface area contributed by atoms with E-state index < -0.39 is 0 Å². The van der Waals surface area contributed by atoms with Crippen LogP contribution in [-0.2, 0) is 6.42 Å². The van der Waals surface area contributed by atoms with Gasteiger partial charge in [-0.3, -0.25) is 4.79 Å². The molecule has 0 saturated heterocycles. The van der Waals surface area contributed by atoms with Gasteiger partial charge in [0.15, 0.2) is 5.78 Å². The van der Waals surface area contributed by atoms with E-state index in [1.165, 1.54) is 17.4 Å². The second-order valence-corrected chi connectivity index (χ2v) is 7.22. The first-order valence-electron chi connectivity index (χ1n) is 6.65. The van der Waals surface area contributed by atoms with Crippen LogP contribution in [0.5, 0.6) is 0 Å². The highest BCUT2D eigenvalue weighted by molar-refractivity contribution is 7.17. The maximum atomic E-state index is 14.0. The summed E-state index contributed by atoms with van der Waals surface area (Å²) < 4.78 is 14.0. The summed E-state index contributed by atoms with van der Waals surface area (Å²) in [7, 11) is 0. The fourth-order valence-electron chi connectivity index (χ4n) is 2.63. The number of carbonyl (C=O) groups excluding carboxylic acids is 1. The van der Waals surface area contributed by atoms with Crippen molar-refractivity contribution in [1.29, 1.82) is 0 Å². The molecule has 2 aromatic rings. The third-order valence-electron chi connectivity index (χ3n) is 3.59. The number of hydrogen-bond acceptors (Lipinski definition) is 3. The van der Waals surface area contributed by atoms with Crippen molar-refractivity contribution in [3.05, 3.63) is 40.2 Å². The van der Waals surface area contributed by atoms with Gasteiger partial charge in [0.2, 0.25) is 0 Å². The molecule has 0 saturated carbocycles. The molecule has 0 atom stereocenters. The lowest BCUT2D eigenvalue weighted by Gasteiger charge is -2.26. The lowest BCUT2D eigenvalue weighted by Crippen LogP contribution is -2.25. The number of hydrogen-bond donors (Lipinski definition) is 0. The maximum Gasteiger partial charge on any atom is 0.175 e. The monoisotopic (exact) mass is 289 g/mol. The standard InChI is InChI=1S/C16H16FNOS/c1-9-4-5-10(11(17)6-9)15-18-12-7-16(2,3)8-13(19)14(12)20-15/h4-6H,7-8H2,1-3H3. The van der Waals surface area contributed by atoms with Gasteiger partial charge in [-0.05, 0) is 36.5 Å². The van der Waals surface area contributed by atoms with Crippen LogP contribution in [0.2, 0.25) is 0 Å². The van der Waals surface area contributed by atoms with Crippen LogP contribution in [0.1, 0.15) is 41.2 Å². The van der Waals surface area contributed by atoms with E-state index in [1.807, 2.05) is 13.0 Å². The van der Waals surface area contributed by atoms with Gasteiger partial charge in [0.05, 0.1) is 10.6 Å². The molecule has 0 spiro atoms. The zero-order valence-electron chi connectivity index (χ0n) is 11.8. The van der Waals surface area contributed by atoms with E-state index in [1.54, 1.807) is 6.07 Å². The average molecular weight is 289 g/mol. The van der Waals surface area contributed by atoms with Gasteiger partial charge in [-0.25, -0.2) is 9.37 Å². The topological polar surface area (TPSA) is 30.0 Å². The minimum atomic E-state index is -0.275. The molecule has 0 N–H and O–H groups in total. The van der Waals surface area contributed by atoms with E-state index in [9.17, 15) is 9.18 Å². The normalized spacial score (nSPS) is 17.1. The Labute approximate surface area is 121 Å². The second kappa shape index (κ2) is 4.48. The van der Waals surface area contributed by atoms with Crippen LogP contribution in [-0.4, -0.2) is 10.8 Å². The van der Waals surface area contributed by atoms with Crippen LogP contribution >= 0.6 is 11.3 Å². The molecular formula is C16H16FNOS.